The Morgan fingerprint density at radius 3 is 2.36 bits per heavy atom. The molecule has 1 aliphatic heterocycles. The van der Waals surface area contributed by atoms with Crippen LogP contribution in [-0.2, 0) is 29.3 Å². The first-order valence-electron chi connectivity index (χ1n) is 5.69. The Hall–Kier alpha value is -2.16. The number of carbonyl (C=O) groups is 1. The molecular weight excluding hydrogens is 336 g/mol. The van der Waals surface area contributed by atoms with Crippen molar-refractivity contribution in [1.29, 1.82) is 0 Å². The molecule has 1 aromatic heterocycles. The van der Waals surface area contributed by atoms with Crippen LogP contribution in [0.2, 0.25) is 0 Å². The van der Waals surface area contributed by atoms with Crippen molar-refractivity contribution in [2.75, 3.05) is 6.61 Å². The van der Waals surface area contributed by atoms with Gasteiger partial charge in [0, 0.05) is 6.42 Å². The fraction of sp³-hybridized carbons (Fsp3) is 0.364. The monoisotopic (exact) mass is 346 g/mol. The molecular formula is C11H10N2O7S2. The van der Waals surface area contributed by atoms with Crippen molar-refractivity contribution in [1.82, 2.24) is 0 Å². The zero-order chi connectivity index (χ0) is 16.6. The summed E-state index contributed by atoms with van der Waals surface area (Å²) in [6.45, 7) is 2.65. The lowest BCUT2D eigenvalue weighted by Gasteiger charge is -2.25. The fourth-order valence-corrected chi connectivity index (χ4v) is 2.15. The number of isocyanates is 2. The first-order chi connectivity index (χ1) is 10.4. The molecule has 1 atom stereocenters. The van der Waals surface area contributed by atoms with Crippen molar-refractivity contribution in [3.05, 3.63) is 21.9 Å². The molecule has 9 nitrogen and oxygen atoms in total. The summed E-state index contributed by atoms with van der Waals surface area (Å²) in [7, 11) is -4.28. The van der Waals surface area contributed by atoms with E-state index in [0.29, 0.717) is 23.6 Å². The predicted molar refractivity (Wildman–Crippen MR) is 74.0 cm³/mol. The summed E-state index contributed by atoms with van der Waals surface area (Å²) in [5, 5.41) is 1.93. The molecule has 11 heteroatoms. The highest BCUT2D eigenvalue weighted by molar-refractivity contribution is 7.89. The van der Waals surface area contributed by atoms with Crippen LogP contribution >= 0.6 is 11.3 Å². The Labute approximate surface area is 129 Å². The van der Waals surface area contributed by atoms with Crippen LogP contribution in [-0.4, -0.2) is 39.4 Å². The van der Waals surface area contributed by atoms with Crippen molar-refractivity contribution >= 4 is 39.7 Å². The van der Waals surface area contributed by atoms with Crippen LogP contribution < -0.4 is 0 Å². The lowest BCUT2D eigenvalue weighted by Crippen LogP contribution is -2.31. The van der Waals surface area contributed by atoms with E-state index in [-0.39, 0.29) is 12.3 Å². The fourth-order valence-electron chi connectivity index (χ4n) is 1.14. The third kappa shape index (κ3) is 6.08. The molecule has 0 radical (unpaired) electrons. The van der Waals surface area contributed by atoms with Gasteiger partial charge in [-0.15, -0.1) is 11.3 Å². The Balaban J connectivity index is 0.000000239. The van der Waals surface area contributed by atoms with E-state index >= 15 is 0 Å². The molecule has 1 aliphatic rings. The molecule has 118 valence electrons. The summed E-state index contributed by atoms with van der Waals surface area (Å²) >= 11 is 1.40. The van der Waals surface area contributed by atoms with Gasteiger partial charge in [0.15, 0.2) is 0 Å². The van der Waals surface area contributed by atoms with Gasteiger partial charge in [-0.3, -0.25) is 0 Å². The van der Waals surface area contributed by atoms with Crippen LogP contribution in [0.4, 0.5) is 0 Å². The largest absolute Gasteiger partial charge is 0.431 e. The van der Waals surface area contributed by atoms with Crippen LogP contribution in [0.1, 0.15) is 21.7 Å². The summed E-state index contributed by atoms with van der Waals surface area (Å²) < 4.78 is 34.3. The number of hydrogen-bond donors (Lipinski definition) is 0. The van der Waals surface area contributed by atoms with E-state index in [4.69, 9.17) is 9.47 Å². The minimum Gasteiger partial charge on any atom is -0.431 e. The minimum atomic E-state index is -4.28. The van der Waals surface area contributed by atoms with Crippen molar-refractivity contribution in [3.63, 3.8) is 0 Å². The van der Waals surface area contributed by atoms with Crippen LogP contribution in [0.5, 0.6) is 0 Å². The highest BCUT2D eigenvalue weighted by Crippen LogP contribution is 2.19. The van der Waals surface area contributed by atoms with Gasteiger partial charge >= 0.3 is 16.2 Å². The molecule has 1 saturated heterocycles. The van der Waals surface area contributed by atoms with E-state index in [9.17, 15) is 22.8 Å². The number of aryl methyl sites for hydroxylation is 1. The maximum absolute atomic E-state index is 11.4. The van der Waals surface area contributed by atoms with Crippen molar-refractivity contribution in [3.8, 4) is 0 Å². The van der Waals surface area contributed by atoms with Crippen LogP contribution in [0, 0.1) is 6.92 Å². The summed E-state index contributed by atoms with van der Waals surface area (Å²) in [5.41, 5.74) is 1.09. The van der Waals surface area contributed by atoms with Crippen LogP contribution in [0.3, 0.4) is 0 Å². The van der Waals surface area contributed by atoms with Crippen LogP contribution in [0.25, 0.3) is 0 Å². The molecule has 0 aliphatic carbocycles. The molecule has 0 bridgehead atoms. The molecule has 1 aromatic rings. The normalized spacial score (nSPS) is 16.0. The molecule has 0 aromatic carbocycles. The number of esters is 1. The number of carbonyl (C=O) groups excluding carboxylic acids is 3. The molecule has 1 unspecified atom stereocenters. The number of rotatable bonds is 4. The third-order valence-electron chi connectivity index (χ3n) is 2.13. The molecule has 22 heavy (non-hydrogen) atoms. The number of thiophene rings is 1. The zero-order valence-corrected chi connectivity index (χ0v) is 12.8. The van der Waals surface area contributed by atoms with Gasteiger partial charge in [0.1, 0.15) is 4.88 Å². The first kappa shape index (κ1) is 17.9. The topological polar surface area (TPSA) is 129 Å². The van der Waals surface area contributed by atoms with Crippen LogP contribution in [0.15, 0.2) is 20.2 Å². The summed E-state index contributed by atoms with van der Waals surface area (Å²) in [6.07, 6.45) is 1.92. The molecule has 1 fully saturated rings. The van der Waals surface area contributed by atoms with E-state index in [0.717, 1.165) is 12.0 Å². The quantitative estimate of drug-likeness (QED) is 0.449. The Bertz CT molecular complexity index is 699. The number of nitrogens with zero attached hydrogens (tertiary/aromatic N) is 2. The predicted octanol–water partition coefficient (Wildman–Crippen LogP) is 0.863. The lowest BCUT2D eigenvalue weighted by molar-refractivity contribution is -0.184. The first-order valence-corrected chi connectivity index (χ1v) is 7.96. The van der Waals surface area contributed by atoms with Gasteiger partial charge in [-0.25, -0.2) is 14.4 Å². The van der Waals surface area contributed by atoms with Gasteiger partial charge in [0.2, 0.25) is 6.29 Å². The average molecular weight is 346 g/mol. The van der Waals surface area contributed by atoms with Gasteiger partial charge in [-0.05, 0) is 23.9 Å². The van der Waals surface area contributed by atoms with Gasteiger partial charge in [-0.2, -0.15) is 8.42 Å². The minimum absolute atomic E-state index is 0.275. The molecule has 0 amide bonds. The van der Waals surface area contributed by atoms with Crippen molar-refractivity contribution < 1.29 is 32.3 Å². The van der Waals surface area contributed by atoms with E-state index in [1.54, 1.807) is 0 Å². The van der Waals surface area contributed by atoms with E-state index in [1.807, 2.05) is 18.4 Å². The SMILES string of the molecule is Cc1csc(C(=O)OC2CCO2)c1.O=C=NS(=O)(=O)N=C=O. The van der Waals surface area contributed by atoms with E-state index in [1.165, 1.54) is 11.3 Å². The van der Waals surface area contributed by atoms with Gasteiger partial charge in [0.05, 0.1) is 6.61 Å². The molecule has 0 N–H and O–H groups in total. The highest BCUT2D eigenvalue weighted by atomic mass is 32.2. The van der Waals surface area contributed by atoms with Gasteiger partial charge in [-0.1, -0.05) is 8.80 Å². The summed E-state index contributed by atoms with van der Waals surface area (Å²) in [6, 6.07) is 1.83. The second-order valence-corrected chi connectivity index (χ2v) is 5.97. The van der Waals surface area contributed by atoms with Crippen molar-refractivity contribution in [2.24, 2.45) is 8.80 Å². The number of hydrogen-bond acceptors (Lipinski definition) is 8. The average Bonchev–Trinajstić information content (AvgIpc) is 2.81. The Kier molecular flexibility index (Phi) is 6.77. The van der Waals surface area contributed by atoms with E-state index < -0.39 is 10.2 Å². The maximum Gasteiger partial charge on any atom is 0.383 e. The van der Waals surface area contributed by atoms with E-state index in [2.05, 4.69) is 8.80 Å². The Morgan fingerprint density at radius 1 is 1.41 bits per heavy atom. The van der Waals surface area contributed by atoms with Gasteiger partial charge in [0.25, 0.3) is 12.2 Å². The van der Waals surface area contributed by atoms with Crippen molar-refractivity contribution in [2.45, 2.75) is 19.6 Å². The lowest BCUT2D eigenvalue weighted by atomic mass is 10.3. The molecule has 2 heterocycles. The maximum atomic E-state index is 11.4. The van der Waals surface area contributed by atoms with Gasteiger partial charge < -0.3 is 9.47 Å². The third-order valence-corrected chi connectivity index (χ3v) is 3.77. The zero-order valence-electron chi connectivity index (χ0n) is 11.2. The Morgan fingerprint density at radius 2 is 2.00 bits per heavy atom. The second kappa shape index (κ2) is 8.32. The standard InChI is InChI=1S/C9H10O3S.C2N2O4S/c1-6-4-7(13-5-6)9(10)12-8-2-3-11-8;5-1-3-9(7,8)4-2-6/h4-5,8H,2-3H2,1H3;. The molecule has 0 spiro atoms. The smallest absolute Gasteiger partial charge is 0.383 e. The molecule has 2 rings (SSSR count). The summed E-state index contributed by atoms with van der Waals surface area (Å²) in [5.74, 6) is -0.275. The highest BCUT2D eigenvalue weighted by Gasteiger charge is 2.23. The second-order valence-electron chi connectivity index (χ2n) is 3.80. The number of ether oxygens (including phenoxy) is 2. The molecule has 0 saturated carbocycles. The summed E-state index contributed by atoms with van der Waals surface area (Å²) in [4.78, 5) is 30.5.